The molecular weight excluding hydrogens is 212 g/mol. The highest BCUT2D eigenvalue weighted by molar-refractivity contribution is 5.77. The van der Waals surface area contributed by atoms with Gasteiger partial charge in [-0.25, -0.2) is 4.79 Å². The fraction of sp³-hybridized carbons (Fsp3) is 0.600. The van der Waals surface area contributed by atoms with Crippen LogP contribution in [-0.4, -0.2) is 56.4 Å². The first-order chi connectivity index (χ1) is 7.69. The zero-order valence-electron chi connectivity index (χ0n) is 9.27. The lowest BCUT2D eigenvalue weighted by Crippen LogP contribution is -2.56. The summed E-state index contributed by atoms with van der Waals surface area (Å²) in [6, 6.07) is -0.477. The number of nitrogens with zero attached hydrogens (tertiary/aromatic N) is 1. The number of methoxy groups -OCH3 is 1. The molecule has 1 heterocycles. The second-order valence-corrected chi connectivity index (χ2v) is 3.34. The van der Waals surface area contributed by atoms with Crippen LogP contribution in [0.5, 0.6) is 0 Å². The van der Waals surface area contributed by atoms with Gasteiger partial charge < -0.3 is 19.7 Å². The Hall–Kier alpha value is -1.56. The summed E-state index contributed by atoms with van der Waals surface area (Å²) in [5.74, 6) is -0.374. The Kier molecular flexibility index (Phi) is 4.78. The van der Waals surface area contributed by atoms with E-state index in [9.17, 15) is 9.59 Å². The number of hydrogen-bond acceptors (Lipinski definition) is 5. The maximum absolute atomic E-state index is 11.5. The van der Waals surface area contributed by atoms with Crippen molar-refractivity contribution in [1.29, 1.82) is 0 Å². The zero-order valence-corrected chi connectivity index (χ0v) is 9.27. The summed E-state index contributed by atoms with van der Waals surface area (Å²) in [6.07, 6.45) is 1.06. The van der Waals surface area contributed by atoms with Gasteiger partial charge in [0, 0.05) is 13.1 Å². The maximum atomic E-state index is 11.5. The average molecular weight is 228 g/mol. The van der Waals surface area contributed by atoms with Gasteiger partial charge in [0.2, 0.25) is 0 Å². The molecule has 0 radical (unpaired) electrons. The molecule has 0 aromatic carbocycles. The van der Waals surface area contributed by atoms with E-state index < -0.39 is 12.1 Å². The van der Waals surface area contributed by atoms with Gasteiger partial charge in [0.05, 0.1) is 13.7 Å². The number of rotatable bonds is 3. The van der Waals surface area contributed by atoms with Crippen LogP contribution >= 0.6 is 0 Å². The molecule has 1 unspecified atom stereocenters. The SMILES string of the molecule is C=CCOC(=O)N1CCNC(C(=O)OC)C1. The Morgan fingerprint density at radius 2 is 2.38 bits per heavy atom. The summed E-state index contributed by atoms with van der Waals surface area (Å²) in [5.41, 5.74) is 0. The van der Waals surface area contributed by atoms with E-state index in [1.165, 1.54) is 18.1 Å². The molecular formula is C10H16N2O4. The van der Waals surface area contributed by atoms with E-state index in [4.69, 9.17) is 4.74 Å². The van der Waals surface area contributed by atoms with Gasteiger partial charge in [-0.15, -0.1) is 0 Å². The summed E-state index contributed by atoms with van der Waals surface area (Å²) in [5, 5.41) is 2.97. The van der Waals surface area contributed by atoms with E-state index in [0.29, 0.717) is 13.1 Å². The van der Waals surface area contributed by atoms with Crippen molar-refractivity contribution in [2.75, 3.05) is 33.4 Å². The molecule has 0 aliphatic carbocycles. The van der Waals surface area contributed by atoms with Crippen molar-refractivity contribution in [3.05, 3.63) is 12.7 Å². The van der Waals surface area contributed by atoms with E-state index in [1.807, 2.05) is 0 Å². The number of carbonyl (C=O) groups is 2. The minimum absolute atomic E-state index is 0.172. The number of ether oxygens (including phenoxy) is 2. The number of carbonyl (C=O) groups excluding carboxylic acids is 2. The quantitative estimate of drug-likeness (QED) is 0.533. The summed E-state index contributed by atoms with van der Waals surface area (Å²) >= 11 is 0. The molecule has 1 atom stereocenters. The van der Waals surface area contributed by atoms with Crippen LogP contribution in [0.25, 0.3) is 0 Å². The minimum Gasteiger partial charge on any atom is -0.468 e. The van der Waals surface area contributed by atoms with Crippen molar-refractivity contribution in [2.24, 2.45) is 0 Å². The van der Waals surface area contributed by atoms with E-state index in [2.05, 4.69) is 16.6 Å². The molecule has 0 aromatic heterocycles. The lowest BCUT2D eigenvalue weighted by molar-refractivity contribution is -0.144. The van der Waals surface area contributed by atoms with Crippen molar-refractivity contribution >= 4 is 12.1 Å². The van der Waals surface area contributed by atoms with E-state index in [1.54, 1.807) is 0 Å². The molecule has 0 saturated carbocycles. The fourth-order valence-corrected chi connectivity index (χ4v) is 1.44. The van der Waals surface area contributed by atoms with Crippen molar-refractivity contribution in [1.82, 2.24) is 10.2 Å². The van der Waals surface area contributed by atoms with Crippen LogP contribution in [0.1, 0.15) is 0 Å². The topological polar surface area (TPSA) is 67.9 Å². The van der Waals surface area contributed by atoms with Crippen molar-refractivity contribution < 1.29 is 19.1 Å². The highest BCUT2D eigenvalue weighted by Gasteiger charge is 2.29. The number of hydrogen-bond donors (Lipinski definition) is 1. The summed E-state index contributed by atoms with van der Waals surface area (Å²) in [4.78, 5) is 24.2. The molecule has 1 aliphatic heterocycles. The second kappa shape index (κ2) is 6.12. The molecule has 6 nitrogen and oxygen atoms in total. The monoisotopic (exact) mass is 228 g/mol. The fourth-order valence-electron chi connectivity index (χ4n) is 1.44. The van der Waals surface area contributed by atoms with Gasteiger partial charge in [0.25, 0.3) is 0 Å². The molecule has 90 valence electrons. The summed E-state index contributed by atoms with van der Waals surface area (Å²) in [7, 11) is 1.32. The molecule has 1 N–H and O–H groups in total. The first-order valence-electron chi connectivity index (χ1n) is 5.03. The third-order valence-electron chi connectivity index (χ3n) is 2.24. The highest BCUT2D eigenvalue weighted by Crippen LogP contribution is 2.03. The van der Waals surface area contributed by atoms with Crippen LogP contribution in [0, 0.1) is 0 Å². The predicted molar refractivity (Wildman–Crippen MR) is 56.9 cm³/mol. The standard InChI is InChI=1S/C10H16N2O4/c1-3-6-16-10(14)12-5-4-11-8(7-12)9(13)15-2/h3,8,11H,1,4-7H2,2H3. The van der Waals surface area contributed by atoms with Crippen molar-refractivity contribution in [2.45, 2.75) is 6.04 Å². The second-order valence-electron chi connectivity index (χ2n) is 3.34. The Bertz CT molecular complexity index is 280. The largest absolute Gasteiger partial charge is 0.468 e. The molecule has 1 aliphatic rings. The average Bonchev–Trinajstić information content (AvgIpc) is 2.35. The third kappa shape index (κ3) is 3.23. The molecule has 0 aromatic rings. The lowest BCUT2D eigenvalue weighted by atomic mass is 10.2. The molecule has 1 saturated heterocycles. The molecule has 1 rings (SSSR count). The summed E-state index contributed by atoms with van der Waals surface area (Å²) < 4.78 is 9.48. The van der Waals surface area contributed by atoms with Gasteiger partial charge in [-0.1, -0.05) is 12.7 Å². The highest BCUT2D eigenvalue weighted by atomic mass is 16.6. The molecule has 0 spiro atoms. The van der Waals surface area contributed by atoms with Crippen molar-refractivity contribution in [3.8, 4) is 0 Å². The number of esters is 1. The first kappa shape index (κ1) is 12.5. The number of nitrogens with one attached hydrogen (secondary N) is 1. The molecule has 16 heavy (non-hydrogen) atoms. The Morgan fingerprint density at radius 3 is 3.00 bits per heavy atom. The van der Waals surface area contributed by atoms with Gasteiger partial charge in [0.1, 0.15) is 12.6 Å². The van der Waals surface area contributed by atoms with E-state index >= 15 is 0 Å². The zero-order chi connectivity index (χ0) is 12.0. The van der Waals surface area contributed by atoms with Crippen LogP contribution < -0.4 is 5.32 Å². The lowest BCUT2D eigenvalue weighted by Gasteiger charge is -2.31. The molecule has 6 heteroatoms. The first-order valence-corrected chi connectivity index (χ1v) is 5.03. The molecule has 1 amide bonds. The normalized spacial score (nSPS) is 20.1. The van der Waals surface area contributed by atoms with Crippen LogP contribution in [0.15, 0.2) is 12.7 Å². The molecule has 0 bridgehead atoms. The van der Waals surface area contributed by atoms with E-state index in [-0.39, 0.29) is 19.1 Å². The Morgan fingerprint density at radius 1 is 1.62 bits per heavy atom. The smallest absolute Gasteiger partial charge is 0.410 e. The van der Waals surface area contributed by atoms with Crippen LogP contribution in [0.4, 0.5) is 4.79 Å². The number of amides is 1. The van der Waals surface area contributed by atoms with Gasteiger partial charge >= 0.3 is 12.1 Å². The van der Waals surface area contributed by atoms with Crippen LogP contribution in [-0.2, 0) is 14.3 Å². The van der Waals surface area contributed by atoms with Crippen LogP contribution in [0.3, 0.4) is 0 Å². The van der Waals surface area contributed by atoms with E-state index in [0.717, 1.165) is 0 Å². The molecule has 1 fully saturated rings. The predicted octanol–water partition coefficient (Wildman–Crippen LogP) is -0.244. The van der Waals surface area contributed by atoms with Gasteiger partial charge in [-0.3, -0.25) is 4.79 Å². The van der Waals surface area contributed by atoms with Gasteiger partial charge in [-0.05, 0) is 0 Å². The summed E-state index contributed by atoms with van der Waals surface area (Å²) in [6.45, 7) is 4.95. The van der Waals surface area contributed by atoms with Gasteiger partial charge in [0.15, 0.2) is 0 Å². The Labute approximate surface area is 94.2 Å². The van der Waals surface area contributed by atoms with Crippen LogP contribution in [0.2, 0.25) is 0 Å². The third-order valence-corrected chi connectivity index (χ3v) is 2.24. The number of piperazine rings is 1. The maximum Gasteiger partial charge on any atom is 0.410 e. The minimum atomic E-state index is -0.477. The van der Waals surface area contributed by atoms with Crippen molar-refractivity contribution in [3.63, 3.8) is 0 Å². The van der Waals surface area contributed by atoms with Gasteiger partial charge in [-0.2, -0.15) is 0 Å². The Balaban J connectivity index is 2.46.